The first-order valence-electron chi connectivity index (χ1n) is 9.34. The molecule has 0 amide bonds. The average molecular weight is 321 g/mol. The van der Waals surface area contributed by atoms with Crippen molar-refractivity contribution in [1.82, 2.24) is 0 Å². The second-order valence-electron chi connectivity index (χ2n) is 9.52. The van der Waals surface area contributed by atoms with Crippen LogP contribution in [0, 0.1) is 6.92 Å². The van der Waals surface area contributed by atoms with Crippen LogP contribution in [0.3, 0.4) is 0 Å². The summed E-state index contributed by atoms with van der Waals surface area (Å²) in [5.41, 5.74) is 10.8. The van der Waals surface area contributed by atoms with Gasteiger partial charge in [0.15, 0.2) is 0 Å². The van der Waals surface area contributed by atoms with Crippen molar-refractivity contribution in [2.75, 3.05) is 0 Å². The van der Waals surface area contributed by atoms with E-state index in [9.17, 15) is 0 Å². The van der Waals surface area contributed by atoms with E-state index < -0.39 is 0 Å². The predicted octanol–water partition coefficient (Wildman–Crippen LogP) is 7.11. The lowest BCUT2D eigenvalue weighted by molar-refractivity contribution is 0.587. The maximum atomic E-state index is 2.48. The van der Waals surface area contributed by atoms with E-state index in [1.54, 1.807) is 5.56 Å². The van der Waals surface area contributed by atoms with Crippen molar-refractivity contribution in [2.45, 2.75) is 78.6 Å². The van der Waals surface area contributed by atoms with Crippen molar-refractivity contribution < 1.29 is 0 Å². The molecule has 24 heavy (non-hydrogen) atoms. The van der Waals surface area contributed by atoms with Gasteiger partial charge < -0.3 is 0 Å². The van der Waals surface area contributed by atoms with Gasteiger partial charge in [-0.3, -0.25) is 0 Å². The number of fused-ring (bicyclic) bond motifs is 3. The fraction of sp³-hybridized carbons (Fsp3) is 0.500. The monoisotopic (exact) mass is 320 g/mol. The van der Waals surface area contributed by atoms with Crippen molar-refractivity contribution in [2.24, 2.45) is 0 Å². The van der Waals surface area contributed by atoms with Crippen LogP contribution in [0.4, 0.5) is 0 Å². The molecule has 0 heteroatoms. The highest BCUT2D eigenvalue weighted by Crippen LogP contribution is 2.50. The van der Waals surface area contributed by atoms with Crippen LogP contribution in [-0.4, -0.2) is 0 Å². The number of aryl methyl sites for hydroxylation is 1. The van der Waals surface area contributed by atoms with Crippen LogP contribution < -0.4 is 0 Å². The molecule has 1 atom stereocenters. The van der Waals surface area contributed by atoms with E-state index in [0.717, 1.165) is 0 Å². The van der Waals surface area contributed by atoms with Gasteiger partial charge in [-0.05, 0) is 63.1 Å². The zero-order chi connectivity index (χ0) is 17.9. The van der Waals surface area contributed by atoms with Gasteiger partial charge in [-0.1, -0.05) is 78.8 Å². The lowest BCUT2D eigenvalue weighted by atomic mass is 9.82. The van der Waals surface area contributed by atoms with E-state index in [0.29, 0.717) is 5.92 Å². The van der Waals surface area contributed by atoms with E-state index >= 15 is 0 Å². The Balaban J connectivity index is 2.24. The zero-order valence-electron chi connectivity index (χ0n) is 16.7. The largest absolute Gasteiger partial charge is 0.0645 e. The summed E-state index contributed by atoms with van der Waals surface area (Å²) in [6.45, 7) is 18.5. The van der Waals surface area contributed by atoms with Crippen LogP contribution in [0.2, 0.25) is 0 Å². The van der Waals surface area contributed by atoms with Crippen LogP contribution in [0.5, 0.6) is 0 Å². The molecular formula is C24H32. The molecule has 128 valence electrons. The fourth-order valence-electron chi connectivity index (χ4n) is 4.04. The molecule has 0 bridgehead atoms. The molecule has 0 N–H and O–H groups in total. The Labute approximate surface area is 148 Å². The minimum atomic E-state index is 0.198. The van der Waals surface area contributed by atoms with Gasteiger partial charge in [0.1, 0.15) is 0 Å². The molecular weight excluding hydrogens is 288 g/mol. The molecule has 0 aromatic heterocycles. The van der Waals surface area contributed by atoms with Gasteiger partial charge in [0.05, 0.1) is 0 Å². The first-order chi connectivity index (χ1) is 11.0. The Morgan fingerprint density at radius 2 is 1.38 bits per heavy atom. The van der Waals surface area contributed by atoms with Gasteiger partial charge in [-0.2, -0.15) is 0 Å². The number of rotatable bonds is 1. The van der Waals surface area contributed by atoms with E-state index in [1.807, 2.05) is 0 Å². The smallest absolute Gasteiger partial charge is 0.00993 e. The Bertz CT molecular complexity index is 779. The lowest BCUT2D eigenvalue weighted by Gasteiger charge is -2.23. The van der Waals surface area contributed by atoms with Crippen molar-refractivity contribution in [1.29, 1.82) is 0 Å². The highest BCUT2D eigenvalue weighted by Gasteiger charge is 2.31. The first-order valence-corrected chi connectivity index (χ1v) is 9.34. The molecule has 1 aliphatic carbocycles. The van der Waals surface area contributed by atoms with Gasteiger partial charge in [-0.15, -0.1) is 0 Å². The summed E-state index contributed by atoms with van der Waals surface area (Å²) in [5.74, 6) is 0.540. The minimum absolute atomic E-state index is 0.198. The number of hydrogen-bond donors (Lipinski definition) is 0. The van der Waals surface area contributed by atoms with E-state index in [1.165, 1.54) is 39.8 Å². The number of benzene rings is 2. The van der Waals surface area contributed by atoms with Crippen LogP contribution in [0.25, 0.3) is 11.1 Å². The molecule has 0 radical (unpaired) electrons. The molecule has 2 aromatic rings. The van der Waals surface area contributed by atoms with Gasteiger partial charge >= 0.3 is 0 Å². The molecule has 1 aliphatic rings. The summed E-state index contributed by atoms with van der Waals surface area (Å²) < 4.78 is 0. The molecule has 0 spiro atoms. The van der Waals surface area contributed by atoms with Crippen LogP contribution in [0.15, 0.2) is 30.3 Å². The molecule has 0 aliphatic heterocycles. The van der Waals surface area contributed by atoms with Gasteiger partial charge in [0, 0.05) is 5.92 Å². The van der Waals surface area contributed by atoms with E-state index in [-0.39, 0.29) is 10.8 Å². The van der Waals surface area contributed by atoms with Crippen molar-refractivity contribution >= 4 is 0 Å². The Hall–Kier alpha value is -1.56. The van der Waals surface area contributed by atoms with Crippen molar-refractivity contribution in [3.05, 3.63) is 58.1 Å². The third-order valence-corrected chi connectivity index (χ3v) is 5.58. The third-order valence-electron chi connectivity index (χ3n) is 5.58. The molecule has 1 unspecified atom stereocenters. The standard InChI is InChI=1S/C24H32/c1-9-18-20-13-16(23(3,4)5)10-11-19(20)22-15(2)12-17(14-21(18)22)24(6,7)8/h10-14,18H,9H2,1-8H3. The SMILES string of the molecule is CCC1c2cc(C(C)(C)C)ccc2-c2c(C)cc(C(C)(C)C)cc21. The first kappa shape index (κ1) is 17.3. The highest BCUT2D eigenvalue weighted by molar-refractivity contribution is 5.82. The molecule has 0 fully saturated rings. The minimum Gasteiger partial charge on any atom is -0.0645 e. The second kappa shape index (κ2) is 5.48. The number of hydrogen-bond acceptors (Lipinski definition) is 0. The molecule has 0 nitrogen and oxygen atoms in total. The molecule has 3 rings (SSSR count). The highest BCUT2D eigenvalue weighted by atomic mass is 14.4. The molecule has 0 saturated carbocycles. The van der Waals surface area contributed by atoms with Gasteiger partial charge in [0.25, 0.3) is 0 Å². The van der Waals surface area contributed by atoms with Crippen LogP contribution in [-0.2, 0) is 10.8 Å². The van der Waals surface area contributed by atoms with E-state index in [4.69, 9.17) is 0 Å². The summed E-state index contributed by atoms with van der Waals surface area (Å²) in [7, 11) is 0. The third kappa shape index (κ3) is 2.70. The Kier molecular flexibility index (Phi) is 3.94. The van der Waals surface area contributed by atoms with E-state index in [2.05, 4.69) is 85.7 Å². The van der Waals surface area contributed by atoms with Crippen molar-refractivity contribution in [3.8, 4) is 11.1 Å². The second-order valence-corrected chi connectivity index (χ2v) is 9.52. The normalized spacial score (nSPS) is 16.9. The predicted molar refractivity (Wildman–Crippen MR) is 106 cm³/mol. The van der Waals surface area contributed by atoms with Gasteiger partial charge in [0.2, 0.25) is 0 Å². The summed E-state index contributed by atoms with van der Waals surface area (Å²) in [4.78, 5) is 0. The van der Waals surface area contributed by atoms with Crippen LogP contribution in [0.1, 0.15) is 88.6 Å². The summed E-state index contributed by atoms with van der Waals surface area (Å²) in [6, 6.07) is 12.1. The molecule has 2 aromatic carbocycles. The molecule has 0 heterocycles. The quantitative estimate of drug-likeness (QED) is 0.525. The Morgan fingerprint density at radius 1 is 0.792 bits per heavy atom. The zero-order valence-corrected chi connectivity index (χ0v) is 16.7. The summed E-state index contributed by atoms with van der Waals surface area (Å²) in [6.07, 6.45) is 1.17. The molecule has 0 saturated heterocycles. The topological polar surface area (TPSA) is 0 Å². The van der Waals surface area contributed by atoms with Crippen LogP contribution >= 0.6 is 0 Å². The summed E-state index contributed by atoms with van der Waals surface area (Å²) in [5, 5.41) is 0. The average Bonchev–Trinajstić information content (AvgIpc) is 2.78. The maximum absolute atomic E-state index is 2.48. The lowest BCUT2D eigenvalue weighted by Crippen LogP contribution is -2.12. The Morgan fingerprint density at radius 3 is 1.92 bits per heavy atom. The van der Waals surface area contributed by atoms with Crippen molar-refractivity contribution in [3.63, 3.8) is 0 Å². The fourth-order valence-corrected chi connectivity index (χ4v) is 4.04. The maximum Gasteiger partial charge on any atom is 0.00993 e. The summed E-state index contributed by atoms with van der Waals surface area (Å²) >= 11 is 0. The van der Waals surface area contributed by atoms with Gasteiger partial charge in [-0.25, -0.2) is 0 Å².